The molecule has 0 spiro atoms. The van der Waals surface area contributed by atoms with Gasteiger partial charge in [0, 0.05) is 29.7 Å². The van der Waals surface area contributed by atoms with Gasteiger partial charge in [-0.2, -0.15) is 0 Å². The third-order valence-electron chi connectivity index (χ3n) is 3.25. The van der Waals surface area contributed by atoms with E-state index < -0.39 is 0 Å². The number of methoxy groups -OCH3 is 1. The molecule has 19 heavy (non-hydrogen) atoms. The molecule has 4 heteroatoms. The number of benzene rings is 1. The molecule has 96 valence electrons. The van der Waals surface area contributed by atoms with E-state index in [4.69, 9.17) is 9.15 Å². The molecule has 0 saturated heterocycles. The van der Waals surface area contributed by atoms with Crippen LogP contribution in [-0.2, 0) is 11.8 Å². The van der Waals surface area contributed by atoms with Crippen molar-refractivity contribution >= 4 is 16.9 Å². The molecule has 0 fully saturated rings. The minimum Gasteiger partial charge on any atom is -0.472 e. The van der Waals surface area contributed by atoms with Crippen LogP contribution >= 0.6 is 0 Å². The Bertz CT molecular complexity index is 738. The highest BCUT2D eigenvalue weighted by atomic mass is 16.5. The highest BCUT2D eigenvalue weighted by molar-refractivity contribution is 6.05. The van der Waals surface area contributed by atoms with Crippen LogP contribution in [0.3, 0.4) is 0 Å². The van der Waals surface area contributed by atoms with Crippen LogP contribution in [0.4, 0.5) is 0 Å². The fourth-order valence-corrected chi connectivity index (χ4v) is 2.27. The number of aryl methyl sites for hydroxylation is 1. The number of esters is 1. The second-order valence-corrected chi connectivity index (χ2v) is 4.39. The van der Waals surface area contributed by atoms with Gasteiger partial charge in [-0.05, 0) is 23.8 Å². The van der Waals surface area contributed by atoms with Crippen molar-refractivity contribution in [3.05, 3.63) is 48.6 Å². The quantitative estimate of drug-likeness (QED) is 0.660. The number of ether oxygens (including phenoxy) is 1. The summed E-state index contributed by atoms with van der Waals surface area (Å²) in [5.41, 5.74) is 3.57. The van der Waals surface area contributed by atoms with Gasteiger partial charge in [0.25, 0.3) is 0 Å². The average Bonchev–Trinajstić information content (AvgIpc) is 3.06. The predicted molar refractivity (Wildman–Crippen MR) is 72.0 cm³/mol. The normalized spacial score (nSPS) is 10.8. The maximum Gasteiger partial charge on any atom is 0.340 e. The summed E-state index contributed by atoms with van der Waals surface area (Å²) >= 11 is 0. The van der Waals surface area contributed by atoms with Crippen LogP contribution in [0.2, 0.25) is 0 Å². The molecule has 3 rings (SSSR count). The molecule has 0 saturated carbocycles. The number of hydrogen-bond acceptors (Lipinski definition) is 3. The van der Waals surface area contributed by atoms with E-state index in [0.29, 0.717) is 5.56 Å². The fourth-order valence-electron chi connectivity index (χ4n) is 2.27. The number of hydrogen-bond donors (Lipinski definition) is 0. The molecule has 3 aromatic rings. The minimum absolute atomic E-state index is 0.324. The molecular formula is C15H13NO3. The second kappa shape index (κ2) is 4.31. The summed E-state index contributed by atoms with van der Waals surface area (Å²) in [6.07, 6.45) is 5.10. The third-order valence-corrected chi connectivity index (χ3v) is 3.25. The number of furan rings is 1. The highest BCUT2D eigenvalue weighted by Crippen LogP contribution is 2.28. The number of carbonyl (C=O) groups is 1. The maximum absolute atomic E-state index is 11.8. The standard InChI is InChI=1S/C15H13NO3/c1-16-8-13(15(17)18-2)12-7-10(3-4-14(12)16)11-5-6-19-9-11/h3-9H,1-2H3. The van der Waals surface area contributed by atoms with Gasteiger partial charge in [0.05, 0.1) is 25.2 Å². The number of carbonyl (C=O) groups excluding carboxylic acids is 1. The topological polar surface area (TPSA) is 44.4 Å². The first-order valence-electron chi connectivity index (χ1n) is 5.90. The van der Waals surface area contributed by atoms with Crippen LogP contribution in [0, 0.1) is 0 Å². The van der Waals surface area contributed by atoms with Gasteiger partial charge in [0.2, 0.25) is 0 Å². The number of fused-ring (bicyclic) bond motifs is 1. The van der Waals surface area contributed by atoms with Gasteiger partial charge in [-0.25, -0.2) is 4.79 Å². The monoisotopic (exact) mass is 255 g/mol. The van der Waals surface area contributed by atoms with Crippen LogP contribution < -0.4 is 0 Å². The Balaban J connectivity index is 2.24. The number of rotatable bonds is 2. The second-order valence-electron chi connectivity index (χ2n) is 4.39. The summed E-state index contributed by atoms with van der Waals surface area (Å²) in [6, 6.07) is 7.87. The molecule has 0 amide bonds. The Morgan fingerprint density at radius 3 is 2.79 bits per heavy atom. The molecule has 2 aromatic heterocycles. The van der Waals surface area contributed by atoms with Crippen molar-refractivity contribution in [1.82, 2.24) is 4.57 Å². The Morgan fingerprint density at radius 2 is 2.11 bits per heavy atom. The van der Waals surface area contributed by atoms with Crippen LogP contribution in [0.25, 0.3) is 22.0 Å². The summed E-state index contributed by atoms with van der Waals surface area (Å²) in [5.74, 6) is -0.324. The first-order valence-corrected chi connectivity index (χ1v) is 5.90. The van der Waals surface area contributed by atoms with E-state index in [-0.39, 0.29) is 5.97 Å². The summed E-state index contributed by atoms with van der Waals surface area (Å²) in [6.45, 7) is 0. The molecule has 0 bridgehead atoms. The third kappa shape index (κ3) is 1.81. The average molecular weight is 255 g/mol. The van der Waals surface area contributed by atoms with E-state index >= 15 is 0 Å². The first kappa shape index (κ1) is 11.6. The summed E-state index contributed by atoms with van der Waals surface area (Å²) in [7, 11) is 3.30. The molecule has 1 aromatic carbocycles. The lowest BCUT2D eigenvalue weighted by Gasteiger charge is -2.01. The molecule has 2 heterocycles. The number of nitrogens with zero attached hydrogens (tertiary/aromatic N) is 1. The molecule has 0 aliphatic heterocycles. The van der Waals surface area contributed by atoms with Crippen LogP contribution in [-0.4, -0.2) is 17.6 Å². The van der Waals surface area contributed by atoms with Crippen molar-refractivity contribution in [3.63, 3.8) is 0 Å². The maximum atomic E-state index is 11.8. The Kier molecular flexibility index (Phi) is 2.63. The first-order chi connectivity index (χ1) is 9.20. The Labute approximate surface area is 110 Å². The Morgan fingerprint density at radius 1 is 1.26 bits per heavy atom. The van der Waals surface area contributed by atoms with Crippen molar-refractivity contribution in [2.24, 2.45) is 7.05 Å². The van der Waals surface area contributed by atoms with Crippen LogP contribution in [0.5, 0.6) is 0 Å². The zero-order chi connectivity index (χ0) is 13.4. The van der Waals surface area contributed by atoms with E-state index in [0.717, 1.165) is 22.0 Å². The fraction of sp³-hybridized carbons (Fsp3) is 0.133. The zero-order valence-corrected chi connectivity index (χ0v) is 10.7. The van der Waals surface area contributed by atoms with Crippen molar-refractivity contribution in [2.45, 2.75) is 0 Å². The van der Waals surface area contributed by atoms with E-state index in [1.54, 1.807) is 18.7 Å². The SMILES string of the molecule is COC(=O)c1cn(C)c2ccc(-c3ccoc3)cc12. The Hall–Kier alpha value is -2.49. The van der Waals surface area contributed by atoms with Crippen molar-refractivity contribution in [1.29, 1.82) is 0 Å². The largest absolute Gasteiger partial charge is 0.472 e. The molecule has 0 radical (unpaired) electrons. The molecule has 0 unspecified atom stereocenters. The highest BCUT2D eigenvalue weighted by Gasteiger charge is 2.15. The smallest absolute Gasteiger partial charge is 0.340 e. The molecule has 0 aliphatic carbocycles. The van der Waals surface area contributed by atoms with Crippen LogP contribution in [0.1, 0.15) is 10.4 Å². The van der Waals surface area contributed by atoms with Crippen molar-refractivity contribution < 1.29 is 13.9 Å². The molecular weight excluding hydrogens is 242 g/mol. The minimum atomic E-state index is -0.324. The van der Waals surface area contributed by atoms with Crippen molar-refractivity contribution in [3.8, 4) is 11.1 Å². The van der Waals surface area contributed by atoms with Crippen molar-refractivity contribution in [2.75, 3.05) is 7.11 Å². The van der Waals surface area contributed by atoms with E-state index in [1.165, 1.54) is 7.11 Å². The van der Waals surface area contributed by atoms with Gasteiger partial charge < -0.3 is 13.7 Å². The predicted octanol–water partition coefficient (Wildman–Crippen LogP) is 3.22. The summed E-state index contributed by atoms with van der Waals surface area (Å²) < 4.78 is 11.8. The lowest BCUT2D eigenvalue weighted by molar-refractivity contribution is 0.0603. The van der Waals surface area contributed by atoms with E-state index in [9.17, 15) is 4.79 Å². The van der Waals surface area contributed by atoms with Gasteiger partial charge in [0.1, 0.15) is 0 Å². The van der Waals surface area contributed by atoms with Gasteiger partial charge in [-0.15, -0.1) is 0 Å². The molecule has 4 nitrogen and oxygen atoms in total. The summed E-state index contributed by atoms with van der Waals surface area (Å²) in [4.78, 5) is 11.8. The van der Waals surface area contributed by atoms with Gasteiger partial charge in [0.15, 0.2) is 0 Å². The zero-order valence-electron chi connectivity index (χ0n) is 10.7. The lowest BCUT2D eigenvalue weighted by Crippen LogP contribution is -1.99. The van der Waals surface area contributed by atoms with Crippen LogP contribution in [0.15, 0.2) is 47.4 Å². The van der Waals surface area contributed by atoms with Gasteiger partial charge in [-0.3, -0.25) is 0 Å². The molecule has 0 N–H and O–H groups in total. The van der Waals surface area contributed by atoms with E-state index in [1.807, 2.05) is 35.9 Å². The van der Waals surface area contributed by atoms with Gasteiger partial charge >= 0.3 is 5.97 Å². The molecule has 0 atom stereocenters. The molecule has 0 aliphatic rings. The lowest BCUT2D eigenvalue weighted by atomic mass is 10.1. The van der Waals surface area contributed by atoms with Gasteiger partial charge in [-0.1, -0.05) is 6.07 Å². The number of aromatic nitrogens is 1. The summed E-state index contributed by atoms with van der Waals surface area (Å²) in [5, 5.41) is 0.882. The van der Waals surface area contributed by atoms with E-state index in [2.05, 4.69) is 0 Å².